The van der Waals surface area contributed by atoms with Crippen molar-refractivity contribution in [3.8, 4) is 11.5 Å². The van der Waals surface area contributed by atoms with E-state index in [1.165, 1.54) is 12.3 Å². The fourth-order valence-corrected chi connectivity index (χ4v) is 3.65. The zero-order valence-corrected chi connectivity index (χ0v) is 22.4. The Hall–Kier alpha value is -2.48. The second-order valence-electron chi connectivity index (χ2n) is 8.29. The number of amides is 2. The molecule has 0 bridgehead atoms. The van der Waals surface area contributed by atoms with Gasteiger partial charge >= 0.3 is 0 Å². The van der Waals surface area contributed by atoms with Gasteiger partial charge in [-0.25, -0.2) is 5.43 Å². The molecule has 0 heterocycles. The third kappa shape index (κ3) is 9.59. The molecule has 2 rings (SSSR count). The number of benzene rings is 2. The first-order chi connectivity index (χ1) is 16.6. The molecule has 0 aliphatic heterocycles. The van der Waals surface area contributed by atoms with E-state index in [0.29, 0.717) is 40.1 Å². The highest BCUT2D eigenvalue weighted by Gasteiger charge is 2.25. The van der Waals surface area contributed by atoms with Crippen molar-refractivity contribution in [3.05, 3.63) is 57.0 Å². The summed E-state index contributed by atoms with van der Waals surface area (Å²) >= 11 is 18.1. The zero-order valence-electron chi connectivity index (χ0n) is 20.1. The van der Waals surface area contributed by atoms with Gasteiger partial charge in [-0.1, -0.05) is 55.6 Å². The Morgan fingerprint density at radius 3 is 2.29 bits per heavy atom. The maximum atomic E-state index is 12.8. The summed E-state index contributed by atoms with van der Waals surface area (Å²) in [6.45, 7) is 8.01. The van der Waals surface area contributed by atoms with Crippen LogP contribution in [0.15, 0.2) is 41.5 Å². The lowest BCUT2D eigenvalue weighted by Gasteiger charge is -2.22. The molecule has 2 aromatic rings. The van der Waals surface area contributed by atoms with Gasteiger partial charge in [0.15, 0.2) is 6.10 Å². The molecule has 2 atom stereocenters. The van der Waals surface area contributed by atoms with E-state index in [2.05, 4.69) is 15.8 Å². The molecular weight excluding hydrogens is 513 g/mol. The number of hydrogen-bond donors (Lipinski definition) is 2. The highest BCUT2D eigenvalue weighted by Crippen LogP contribution is 2.28. The first kappa shape index (κ1) is 28.8. The second kappa shape index (κ2) is 14.2. The van der Waals surface area contributed by atoms with Crippen molar-refractivity contribution >= 4 is 52.8 Å². The highest BCUT2D eigenvalue weighted by atomic mass is 35.5. The molecule has 0 unspecified atom stereocenters. The largest absolute Gasteiger partial charge is 0.493 e. The van der Waals surface area contributed by atoms with Crippen LogP contribution >= 0.6 is 34.8 Å². The van der Waals surface area contributed by atoms with Crippen LogP contribution in [-0.4, -0.2) is 36.8 Å². The van der Waals surface area contributed by atoms with E-state index in [0.717, 1.165) is 6.42 Å². The summed E-state index contributed by atoms with van der Waals surface area (Å²) in [5, 5.41) is 8.03. The maximum Gasteiger partial charge on any atom is 0.262 e. The lowest BCUT2D eigenvalue weighted by Crippen LogP contribution is -2.49. The van der Waals surface area contributed by atoms with Gasteiger partial charge in [0.05, 0.1) is 17.8 Å². The summed E-state index contributed by atoms with van der Waals surface area (Å²) in [5.74, 6) is 0.131. The number of carbonyl (C=O) groups excluding carboxylic acids is 2. The Bertz CT molecular complexity index is 1050. The predicted molar refractivity (Wildman–Crippen MR) is 141 cm³/mol. The molecule has 35 heavy (non-hydrogen) atoms. The van der Waals surface area contributed by atoms with Crippen molar-refractivity contribution in [2.75, 3.05) is 6.61 Å². The van der Waals surface area contributed by atoms with Crippen LogP contribution in [0.4, 0.5) is 0 Å². The molecule has 2 amide bonds. The topological polar surface area (TPSA) is 89.0 Å². The summed E-state index contributed by atoms with van der Waals surface area (Å²) < 4.78 is 11.3. The normalized spacial score (nSPS) is 12.9. The molecule has 0 saturated carbocycles. The van der Waals surface area contributed by atoms with Gasteiger partial charge in [-0.3, -0.25) is 9.59 Å². The highest BCUT2D eigenvalue weighted by molar-refractivity contribution is 6.35. The number of rotatable bonds is 12. The van der Waals surface area contributed by atoms with Gasteiger partial charge in [-0.15, -0.1) is 0 Å². The Morgan fingerprint density at radius 1 is 1.00 bits per heavy atom. The lowest BCUT2D eigenvalue weighted by molar-refractivity contribution is -0.132. The molecule has 0 radical (unpaired) electrons. The number of hydrazone groups is 1. The van der Waals surface area contributed by atoms with Crippen molar-refractivity contribution in [3.63, 3.8) is 0 Å². The van der Waals surface area contributed by atoms with E-state index in [-0.39, 0.29) is 10.9 Å². The minimum Gasteiger partial charge on any atom is -0.493 e. The van der Waals surface area contributed by atoms with E-state index in [4.69, 9.17) is 44.3 Å². The number of hydrogen-bond acceptors (Lipinski definition) is 5. The second-order valence-corrected chi connectivity index (χ2v) is 9.57. The molecular formula is C25H30Cl3N3O4. The van der Waals surface area contributed by atoms with E-state index >= 15 is 0 Å². The summed E-state index contributed by atoms with van der Waals surface area (Å²) in [5.41, 5.74) is 3.11. The molecule has 190 valence electrons. The molecule has 7 nitrogen and oxygen atoms in total. The average molecular weight is 543 g/mol. The van der Waals surface area contributed by atoms with Crippen LogP contribution in [0.5, 0.6) is 11.5 Å². The minimum atomic E-state index is -0.899. The molecule has 10 heteroatoms. The van der Waals surface area contributed by atoms with Crippen molar-refractivity contribution in [2.24, 2.45) is 11.0 Å². The average Bonchev–Trinajstić information content (AvgIpc) is 2.79. The van der Waals surface area contributed by atoms with Gasteiger partial charge in [-0.05, 0) is 62.1 Å². The van der Waals surface area contributed by atoms with Crippen LogP contribution in [0.3, 0.4) is 0 Å². The molecule has 0 saturated heterocycles. The quantitative estimate of drug-likeness (QED) is 0.259. The van der Waals surface area contributed by atoms with Crippen LogP contribution < -0.4 is 20.2 Å². The molecule has 2 aromatic carbocycles. The van der Waals surface area contributed by atoms with Crippen LogP contribution in [0.25, 0.3) is 0 Å². The van der Waals surface area contributed by atoms with Crippen molar-refractivity contribution < 1.29 is 19.1 Å². The minimum absolute atomic E-state index is 0.138. The smallest absolute Gasteiger partial charge is 0.262 e. The summed E-state index contributed by atoms with van der Waals surface area (Å²) in [4.78, 5) is 25.6. The molecule has 0 aromatic heterocycles. The Balaban J connectivity index is 2.05. The van der Waals surface area contributed by atoms with Crippen LogP contribution in [0.2, 0.25) is 15.1 Å². The van der Waals surface area contributed by atoms with Crippen molar-refractivity contribution in [1.29, 1.82) is 0 Å². The third-order valence-electron chi connectivity index (χ3n) is 4.72. The summed E-state index contributed by atoms with van der Waals surface area (Å²) in [7, 11) is 0. The van der Waals surface area contributed by atoms with E-state index in [1.807, 2.05) is 20.8 Å². The number of nitrogens with zero attached hydrogens (tertiary/aromatic N) is 1. The summed E-state index contributed by atoms with van der Waals surface area (Å²) in [6.07, 6.45) is 1.81. The summed E-state index contributed by atoms with van der Waals surface area (Å²) in [6, 6.07) is 9.05. The zero-order chi connectivity index (χ0) is 26.0. The van der Waals surface area contributed by atoms with Gasteiger partial charge < -0.3 is 14.8 Å². The van der Waals surface area contributed by atoms with E-state index in [1.54, 1.807) is 37.3 Å². The first-order valence-electron chi connectivity index (χ1n) is 11.3. The van der Waals surface area contributed by atoms with E-state index < -0.39 is 24.0 Å². The van der Waals surface area contributed by atoms with Gasteiger partial charge in [0.25, 0.3) is 11.8 Å². The van der Waals surface area contributed by atoms with Crippen LogP contribution in [-0.2, 0) is 9.59 Å². The maximum absolute atomic E-state index is 12.8. The number of ether oxygens (including phenoxy) is 2. The lowest BCUT2D eigenvalue weighted by atomic mass is 10.0. The van der Waals surface area contributed by atoms with Crippen LogP contribution in [0, 0.1) is 5.92 Å². The molecule has 0 spiro atoms. The SMILES string of the molecule is CCCOc1ccc(Cl)cc1/C=N\NC(=O)[C@@H](CC(C)C)NC(=O)[C@H](C)Oc1ccc(Cl)cc1Cl. The number of halogens is 3. The van der Waals surface area contributed by atoms with Gasteiger partial charge in [-0.2, -0.15) is 5.10 Å². The van der Waals surface area contributed by atoms with Gasteiger partial charge in [0.1, 0.15) is 17.5 Å². The van der Waals surface area contributed by atoms with E-state index in [9.17, 15) is 9.59 Å². The molecule has 0 aliphatic rings. The predicted octanol–water partition coefficient (Wildman–Crippen LogP) is 5.88. The molecule has 0 fully saturated rings. The monoisotopic (exact) mass is 541 g/mol. The Labute approximate surface area is 221 Å². The third-order valence-corrected chi connectivity index (χ3v) is 5.48. The van der Waals surface area contributed by atoms with Crippen molar-refractivity contribution in [2.45, 2.75) is 52.7 Å². The van der Waals surface area contributed by atoms with Gasteiger partial charge in [0.2, 0.25) is 0 Å². The van der Waals surface area contributed by atoms with Crippen molar-refractivity contribution in [1.82, 2.24) is 10.7 Å². The Morgan fingerprint density at radius 2 is 1.66 bits per heavy atom. The Kier molecular flexibility index (Phi) is 11.6. The first-order valence-corrected chi connectivity index (χ1v) is 12.4. The van der Waals surface area contributed by atoms with Gasteiger partial charge in [0, 0.05) is 15.6 Å². The standard InChI is InChI=1S/C25H30Cl3N3O4/c1-5-10-34-22-8-6-18(26)12-17(22)14-29-31-25(33)21(11-15(2)3)30-24(32)16(4)35-23-9-7-19(27)13-20(23)28/h6-9,12-16,21H,5,10-11H2,1-4H3,(H,30,32)(H,31,33)/b29-14-/t16-,21+/m0/s1. The fourth-order valence-electron chi connectivity index (χ4n) is 3.01. The number of carbonyl (C=O) groups is 2. The molecule has 2 N–H and O–H groups in total. The number of nitrogens with one attached hydrogen (secondary N) is 2. The molecule has 0 aliphatic carbocycles. The fraction of sp³-hybridized carbons (Fsp3) is 0.400. The van der Waals surface area contributed by atoms with Crippen LogP contribution in [0.1, 0.15) is 46.1 Å².